The second kappa shape index (κ2) is 9.98. The molecule has 9 heteroatoms. The minimum absolute atomic E-state index is 0.130. The van der Waals surface area contributed by atoms with E-state index in [1.54, 1.807) is 49.6 Å². The first-order valence-electron chi connectivity index (χ1n) is 11.7. The summed E-state index contributed by atoms with van der Waals surface area (Å²) in [6, 6.07) is 16.2. The third-order valence-corrected chi connectivity index (χ3v) is 5.83. The number of rotatable bonds is 6. The number of benzene rings is 2. The molecule has 9 nitrogen and oxygen atoms in total. The van der Waals surface area contributed by atoms with Crippen LogP contribution < -0.4 is 10.6 Å². The number of aromatic nitrogens is 4. The Morgan fingerprint density at radius 1 is 0.946 bits per heavy atom. The van der Waals surface area contributed by atoms with E-state index in [-0.39, 0.29) is 18.4 Å². The molecule has 0 radical (unpaired) electrons. The van der Waals surface area contributed by atoms with Gasteiger partial charge in [-0.3, -0.25) is 14.6 Å². The monoisotopic (exact) mass is 492 g/mol. The molecule has 5 aromatic rings. The molecule has 3 aromatic heterocycles. The van der Waals surface area contributed by atoms with Gasteiger partial charge in [0.25, 0.3) is 11.8 Å². The normalized spacial score (nSPS) is 10.9. The molecular formula is C28H24N6O3. The fourth-order valence-electron chi connectivity index (χ4n) is 4.10. The molecule has 2 aromatic carbocycles. The third-order valence-electron chi connectivity index (χ3n) is 5.83. The van der Waals surface area contributed by atoms with Crippen molar-refractivity contribution >= 4 is 28.4 Å². The standard InChI is InChI=1S/C28H24N6O3/c1-16-11-17(2)26-22(12-16)23(13-24(33-26)20-5-4-10-29-14-20)28(36)32-21-8-6-19(7-9-21)27(35)30-15-25-31-18(3)34-37-25/h4-14H,15H2,1-3H3,(H,30,35)(H,32,36). The van der Waals surface area contributed by atoms with Crippen molar-refractivity contribution in [1.29, 1.82) is 0 Å². The molecule has 0 atom stereocenters. The van der Waals surface area contributed by atoms with Crippen LogP contribution in [0.5, 0.6) is 0 Å². The predicted molar refractivity (Wildman–Crippen MR) is 139 cm³/mol. The van der Waals surface area contributed by atoms with Crippen LogP contribution in [0.25, 0.3) is 22.2 Å². The zero-order chi connectivity index (χ0) is 25.9. The molecule has 0 aliphatic rings. The summed E-state index contributed by atoms with van der Waals surface area (Å²) < 4.78 is 5.01. The van der Waals surface area contributed by atoms with Gasteiger partial charge in [0, 0.05) is 34.6 Å². The zero-order valence-electron chi connectivity index (χ0n) is 20.6. The van der Waals surface area contributed by atoms with Crippen molar-refractivity contribution in [1.82, 2.24) is 25.4 Å². The maximum Gasteiger partial charge on any atom is 0.256 e. The zero-order valence-corrected chi connectivity index (χ0v) is 20.6. The molecule has 3 heterocycles. The van der Waals surface area contributed by atoms with Gasteiger partial charge >= 0.3 is 0 Å². The summed E-state index contributed by atoms with van der Waals surface area (Å²) in [5.74, 6) is 0.270. The van der Waals surface area contributed by atoms with E-state index in [9.17, 15) is 9.59 Å². The Labute approximate surface area is 213 Å². The van der Waals surface area contributed by atoms with Crippen LogP contribution in [0, 0.1) is 20.8 Å². The van der Waals surface area contributed by atoms with Crippen molar-refractivity contribution in [2.24, 2.45) is 0 Å². The fraction of sp³-hybridized carbons (Fsp3) is 0.143. The van der Waals surface area contributed by atoms with Gasteiger partial charge < -0.3 is 15.2 Å². The van der Waals surface area contributed by atoms with Gasteiger partial charge in [-0.05, 0) is 74.9 Å². The largest absolute Gasteiger partial charge is 0.343 e. The summed E-state index contributed by atoms with van der Waals surface area (Å²) in [6.45, 7) is 5.82. The number of hydrogen-bond acceptors (Lipinski definition) is 7. The van der Waals surface area contributed by atoms with E-state index in [4.69, 9.17) is 9.51 Å². The highest BCUT2D eigenvalue weighted by molar-refractivity contribution is 6.13. The predicted octanol–water partition coefficient (Wildman–Crippen LogP) is 4.79. The van der Waals surface area contributed by atoms with Crippen LogP contribution in [0.15, 0.2) is 71.5 Å². The SMILES string of the molecule is Cc1cc(C)c2nc(-c3cccnc3)cc(C(=O)Nc3ccc(C(=O)NCc4nc(C)no4)cc3)c2c1. The lowest BCUT2D eigenvalue weighted by Gasteiger charge is -2.13. The van der Waals surface area contributed by atoms with Crippen molar-refractivity contribution in [3.63, 3.8) is 0 Å². The van der Waals surface area contributed by atoms with Crippen molar-refractivity contribution in [3.8, 4) is 11.3 Å². The van der Waals surface area contributed by atoms with Crippen LogP contribution >= 0.6 is 0 Å². The lowest BCUT2D eigenvalue weighted by molar-refractivity contribution is 0.0945. The topological polar surface area (TPSA) is 123 Å². The molecule has 0 saturated carbocycles. The van der Waals surface area contributed by atoms with Crippen molar-refractivity contribution < 1.29 is 14.1 Å². The first-order valence-corrected chi connectivity index (χ1v) is 11.7. The Balaban J connectivity index is 1.39. The maximum atomic E-state index is 13.5. The van der Waals surface area contributed by atoms with Crippen molar-refractivity contribution in [2.45, 2.75) is 27.3 Å². The fourth-order valence-corrected chi connectivity index (χ4v) is 4.10. The molecule has 184 valence electrons. The summed E-state index contributed by atoms with van der Waals surface area (Å²) >= 11 is 0. The summed E-state index contributed by atoms with van der Waals surface area (Å²) in [4.78, 5) is 39.0. The van der Waals surface area contributed by atoms with Gasteiger partial charge in [-0.25, -0.2) is 4.98 Å². The summed E-state index contributed by atoms with van der Waals surface area (Å²) in [5, 5.41) is 10.2. The molecule has 2 N–H and O–H groups in total. The Kier molecular flexibility index (Phi) is 6.42. The van der Waals surface area contributed by atoms with E-state index < -0.39 is 0 Å². The lowest BCUT2D eigenvalue weighted by Crippen LogP contribution is -2.23. The van der Waals surface area contributed by atoms with Gasteiger partial charge in [-0.15, -0.1) is 0 Å². The maximum absolute atomic E-state index is 13.5. The van der Waals surface area contributed by atoms with Crippen LogP contribution in [0.2, 0.25) is 0 Å². The number of anilines is 1. The van der Waals surface area contributed by atoms with Crippen LogP contribution in [0.1, 0.15) is 43.6 Å². The van der Waals surface area contributed by atoms with Gasteiger partial charge in [0.2, 0.25) is 5.89 Å². The van der Waals surface area contributed by atoms with Crippen molar-refractivity contribution in [2.75, 3.05) is 5.32 Å². The summed E-state index contributed by atoms with van der Waals surface area (Å²) in [6.07, 6.45) is 3.42. The Morgan fingerprint density at radius 2 is 1.76 bits per heavy atom. The molecule has 0 unspecified atom stereocenters. The Morgan fingerprint density at radius 3 is 2.46 bits per heavy atom. The van der Waals surface area contributed by atoms with E-state index in [1.165, 1.54) is 0 Å². The van der Waals surface area contributed by atoms with Gasteiger partial charge in [0.1, 0.15) is 0 Å². The summed E-state index contributed by atoms with van der Waals surface area (Å²) in [7, 11) is 0. The van der Waals surface area contributed by atoms with E-state index in [0.29, 0.717) is 34.2 Å². The van der Waals surface area contributed by atoms with Crippen molar-refractivity contribution in [3.05, 3.63) is 101 Å². The van der Waals surface area contributed by atoms with E-state index in [2.05, 4.69) is 25.8 Å². The molecule has 0 saturated heterocycles. The minimum Gasteiger partial charge on any atom is -0.343 e. The third kappa shape index (κ3) is 5.20. The molecule has 5 rings (SSSR count). The van der Waals surface area contributed by atoms with E-state index >= 15 is 0 Å². The van der Waals surface area contributed by atoms with E-state index in [0.717, 1.165) is 27.6 Å². The molecule has 0 fully saturated rings. The van der Waals surface area contributed by atoms with Crippen LogP contribution in [0.3, 0.4) is 0 Å². The number of pyridine rings is 2. The van der Waals surface area contributed by atoms with Gasteiger partial charge in [0.15, 0.2) is 5.82 Å². The first kappa shape index (κ1) is 23.8. The number of nitrogens with one attached hydrogen (secondary N) is 2. The number of nitrogens with zero attached hydrogens (tertiary/aromatic N) is 4. The number of fused-ring (bicyclic) bond motifs is 1. The molecule has 0 aliphatic heterocycles. The highest BCUT2D eigenvalue weighted by atomic mass is 16.5. The Bertz CT molecular complexity index is 1610. The summed E-state index contributed by atoms with van der Waals surface area (Å²) in [5.41, 5.74) is 5.79. The molecule has 0 aliphatic carbocycles. The number of carbonyl (C=O) groups is 2. The molecular weight excluding hydrogens is 468 g/mol. The van der Waals surface area contributed by atoms with Gasteiger partial charge in [-0.1, -0.05) is 16.8 Å². The molecule has 0 spiro atoms. The minimum atomic E-state index is -0.291. The second-order valence-electron chi connectivity index (χ2n) is 8.72. The Hall–Kier alpha value is -4.92. The first-order chi connectivity index (χ1) is 17.9. The van der Waals surface area contributed by atoms with Crippen LogP contribution in [-0.4, -0.2) is 31.9 Å². The molecule has 37 heavy (non-hydrogen) atoms. The van der Waals surface area contributed by atoms with Crippen LogP contribution in [0.4, 0.5) is 5.69 Å². The van der Waals surface area contributed by atoms with Gasteiger partial charge in [0.05, 0.1) is 23.3 Å². The van der Waals surface area contributed by atoms with E-state index in [1.807, 2.05) is 38.1 Å². The highest BCUT2D eigenvalue weighted by Crippen LogP contribution is 2.28. The number of carbonyl (C=O) groups excluding carboxylic acids is 2. The number of aryl methyl sites for hydroxylation is 3. The smallest absolute Gasteiger partial charge is 0.256 e. The quantitative estimate of drug-likeness (QED) is 0.349. The molecule has 0 bridgehead atoms. The highest BCUT2D eigenvalue weighted by Gasteiger charge is 2.17. The lowest BCUT2D eigenvalue weighted by atomic mass is 9.99. The second-order valence-corrected chi connectivity index (χ2v) is 8.72. The molecule has 2 amide bonds. The number of amides is 2. The average Bonchev–Trinajstić information content (AvgIpc) is 3.32. The number of hydrogen-bond donors (Lipinski definition) is 2. The average molecular weight is 493 g/mol. The van der Waals surface area contributed by atoms with Gasteiger partial charge in [-0.2, -0.15) is 4.98 Å². The van der Waals surface area contributed by atoms with Crippen LogP contribution in [-0.2, 0) is 6.54 Å².